The molecule has 0 radical (unpaired) electrons. The molecule has 4 aromatic rings. The minimum atomic E-state index is -0.0791. The van der Waals surface area contributed by atoms with Crippen molar-refractivity contribution in [3.63, 3.8) is 0 Å². The number of oxazole rings is 1. The maximum absolute atomic E-state index is 12.1. The van der Waals surface area contributed by atoms with E-state index in [1.807, 2.05) is 47.0 Å². The molecule has 0 bridgehead atoms. The minimum absolute atomic E-state index is 0.0791. The summed E-state index contributed by atoms with van der Waals surface area (Å²) in [6, 6.07) is 13.4. The first-order valence-corrected chi connectivity index (χ1v) is 8.95. The van der Waals surface area contributed by atoms with E-state index in [0.29, 0.717) is 36.1 Å². The van der Waals surface area contributed by atoms with Gasteiger partial charge in [0.2, 0.25) is 5.91 Å². The van der Waals surface area contributed by atoms with Crippen LogP contribution in [0.2, 0.25) is 5.02 Å². The molecule has 0 spiro atoms. The van der Waals surface area contributed by atoms with E-state index in [9.17, 15) is 4.79 Å². The lowest BCUT2D eigenvalue weighted by atomic mass is 10.2. The van der Waals surface area contributed by atoms with Gasteiger partial charge >= 0.3 is 0 Å². The lowest BCUT2D eigenvalue weighted by molar-refractivity contribution is -0.121. The van der Waals surface area contributed by atoms with Crippen LogP contribution in [0.3, 0.4) is 0 Å². The number of hydrogen-bond donors (Lipinski definition) is 1. The highest BCUT2D eigenvalue weighted by molar-refractivity contribution is 6.30. The van der Waals surface area contributed by atoms with Crippen LogP contribution in [0.1, 0.15) is 18.0 Å². The fourth-order valence-electron chi connectivity index (χ4n) is 2.76. The van der Waals surface area contributed by atoms with Crippen molar-refractivity contribution in [3.05, 3.63) is 77.7 Å². The maximum Gasteiger partial charge on any atom is 0.220 e. The van der Waals surface area contributed by atoms with Gasteiger partial charge in [-0.3, -0.25) is 4.79 Å². The topological polar surface area (TPSA) is 72.4 Å². The van der Waals surface area contributed by atoms with Crippen LogP contribution < -0.4 is 5.32 Å². The van der Waals surface area contributed by atoms with Crippen molar-refractivity contribution in [2.75, 3.05) is 0 Å². The number of hydrogen-bond acceptors (Lipinski definition) is 4. The number of benzene rings is 1. The standard InChI is InChI=1S/C20H17ClN4O2/c21-15-6-7-18-24-16(13-25(18)12-15)10-22-19(26)8-9-20-23-11-17(27-20)14-4-2-1-3-5-14/h1-7,11-13H,8-10H2,(H,22,26). The average molecular weight is 381 g/mol. The van der Waals surface area contributed by atoms with Crippen LogP contribution in [0.15, 0.2) is 65.5 Å². The van der Waals surface area contributed by atoms with Gasteiger partial charge in [0.05, 0.1) is 23.5 Å². The summed E-state index contributed by atoms with van der Waals surface area (Å²) >= 11 is 5.96. The van der Waals surface area contributed by atoms with Gasteiger partial charge in [-0.05, 0) is 12.1 Å². The predicted molar refractivity (Wildman–Crippen MR) is 102 cm³/mol. The molecular formula is C20H17ClN4O2. The zero-order valence-electron chi connectivity index (χ0n) is 14.4. The summed E-state index contributed by atoms with van der Waals surface area (Å²) in [5.41, 5.74) is 2.53. The molecule has 0 saturated carbocycles. The number of carbonyl (C=O) groups is 1. The number of nitrogens with zero attached hydrogens (tertiary/aromatic N) is 3. The number of halogens is 1. The van der Waals surface area contributed by atoms with E-state index < -0.39 is 0 Å². The van der Waals surface area contributed by atoms with Crippen molar-refractivity contribution in [1.82, 2.24) is 19.7 Å². The first-order valence-electron chi connectivity index (χ1n) is 8.57. The largest absolute Gasteiger partial charge is 0.441 e. The maximum atomic E-state index is 12.1. The Hall–Kier alpha value is -3.12. The summed E-state index contributed by atoms with van der Waals surface area (Å²) in [4.78, 5) is 20.8. The van der Waals surface area contributed by atoms with Gasteiger partial charge in [0.1, 0.15) is 5.65 Å². The monoisotopic (exact) mass is 380 g/mol. The lowest BCUT2D eigenvalue weighted by Gasteiger charge is -2.01. The zero-order valence-corrected chi connectivity index (χ0v) is 15.2. The Kier molecular flexibility index (Phi) is 4.89. The van der Waals surface area contributed by atoms with Crippen LogP contribution >= 0.6 is 11.6 Å². The SMILES string of the molecule is O=C(CCc1ncc(-c2ccccc2)o1)NCc1cn2cc(Cl)ccc2n1. The molecule has 0 aliphatic heterocycles. The number of aryl methyl sites for hydroxylation is 1. The molecule has 136 valence electrons. The second-order valence-corrected chi connectivity index (χ2v) is 6.54. The molecule has 3 heterocycles. The number of aromatic nitrogens is 3. The number of imidazole rings is 1. The molecule has 0 unspecified atom stereocenters. The molecule has 0 atom stereocenters. The Morgan fingerprint density at radius 3 is 2.85 bits per heavy atom. The molecule has 0 saturated heterocycles. The van der Waals surface area contributed by atoms with Crippen molar-refractivity contribution in [1.29, 1.82) is 0 Å². The Balaban J connectivity index is 1.30. The molecule has 4 rings (SSSR count). The van der Waals surface area contributed by atoms with E-state index in [-0.39, 0.29) is 5.91 Å². The number of fused-ring (bicyclic) bond motifs is 1. The number of amides is 1. The third kappa shape index (κ3) is 4.17. The van der Waals surface area contributed by atoms with Crippen LogP contribution in [0.25, 0.3) is 17.0 Å². The molecule has 1 N–H and O–H groups in total. The van der Waals surface area contributed by atoms with E-state index in [0.717, 1.165) is 16.9 Å². The number of rotatable bonds is 6. The first kappa shape index (κ1) is 17.3. The zero-order chi connectivity index (χ0) is 18.6. The number of carbonyl (C=O) groups excluding carboxylic acids is 1. The lowest BCUT2D eigenvalue weighted by Crippen LogP contribution is -2.23. The highest BCUT2D eigenvalue weighted by atomic mass is 35.5. The Morgan fingerprint density at radius 2 is 2.00 bits per heavy atom. The number of nitrogens with one attached hydrogen (secondary N) is 1. The van der Waals surface area contributed by atoms with E-state index in [4.69, 9.17) is 16.0 Å². The van der Waals surface area contributed by atoms with Gasteiger partial charge in [0, 0.05) is 30.8 Å². The third-order valence-electron chi connectivity index (χ3n) is 4.11. The molecule has 7 heteroatoms. The Morgan fingerprint density at radius 1 is 1.15 bits per heavy atom. The Bertz CT molecular complexity index is 1070. The van der Waals surface area contributed by atoms with Crippen LogP contribution in [-0.4, -0.2) is 20.3 Å². The highest BCUT2D eigenvalue weighted by Crippen LogP contribution is 2.20. The van der Waals surface area contributed by atoms with Crippen molar-refractivity contribution in [2.45, 2.75) is 19.4 Å². The van der Waals surface area contributed by atoms with E-state index in [1.54, 1.807) is 18.5 Å². The van der Waals surface area contributed by atoms with Gasteiger partial charge in [-0.1, -0.05) is 41.9 Å². The van der Waals surface area contributed by atoms with Gasteiger partial charge in [-0.2, -0.15) is 0 Å². The van der Waals surface area contributed by atoms with Crippen molar-refractivity contribution < 1.29 is 9.21 Å². The molecule has 0 aliphatic carbocycles. The smallest absolute Gasteiger partial charge is 0.220 e. The van der Waals surface area contributed by atoms with Gasteiger partial charge < -0.3 is 14.1 Å². The molecule has 1 aromatic carbocycles. The summed E-state index contributed by atoms with van der Waals surface area (Å²) in [6.07, 6.45) is 6.06. The highest BCUT2D eigenvalue weighted by Gasteiger charge is 2.10. The van der Waals surface area contributed by atoms with Crippen LogP contribution in [0.5, 0.6) is 0 Å². The predicted octanol–water partition coefficient (Wildman–Crippen LogP) is 3.89. The normalized spacial score (nSPS) is 11.0. The van der Waals surface area contributed by atoms with Crippen molar-refractivity contribution in [3.8, 4) is 11.3 Å². The van der Waals surface area contributed by atoms with E-state index >= 15 is 0 Å². The first-order chi connectivity index (χ1) is 13.2. The molecule has 1 amide bonds. The van der Waals surface area contributed by atoms with Gasteiger partial charge in [-0.15, -0.1) is 0 Å². The molecule has 0 aliphatic rings. The summed E-state index contributed by atoms with van der Waals surface area (Å²) in [5.74, 6) is 1.17. The second-order valence-electron chi connectivity index (χ2n) is 6.11. The fourth-order valence-corrected chi connectivity index (χ4v) is 2.93. The minimum Gasteiger partial charge on any atom is -0.441 e. The van der Waals surface area contributed by atoms with Gasteiger partial charge in [0.15, 0.2) is 11.7 Å². The summed E-state index contributed by atoms with van der Waals surface area (Å²) in [5, 5.41) is 3.50. The van der Waals surface area contributed by atoms with Gasteiger partial charge in [0.25, 0.3) is 0 Å². The van der Waals surface area contributed by atoms with E-state index in [1.165, 1.54) is 0 Å². The van der Waals surface area contributed by atoms with Crippen LogP contribution in [-0.2, 0) is 17.8 Å². The van der Waals surface area contributed by atoms with Crippen molar-refractivity contribution in [2.24, 2.45) is 0 Å². The van der Waals surface area contributed by atoms with Crippen LogP contribution in [0, 0.1) is 0 Å². The summed E-state index contributed by atoms with van der Waals surface area (Å²) in [6.45, 7) is 0.360. The van der Waals surface area contributed by atoms with E-state index in [2.05, 4.69) is 15.3 Å². The molecule has 6 nitrogen and oxygen atoms in total. The second kappa shape index (κ2) is 7.63. The summed E-state index contributed by atoms with van der Waals surface area (Å²) in [7, 11) is 0. The molecule has 27 heavy (non-hydrogen) atoms. The molecule has 3 aromatic heterocycles. The van der Waals surface area contributed by atoms with Crippen molar-refractivity contribution >= 4 is 23.2 Å². The molecular weight excluding hydrogens is 364 g/mol. The quantitative estimate of drug-likeness (QED) is 0.550. The van der Waals surface area contributed by atoms with Gasteiger partial charge in [-0.25, -0.2) is 9.97 Å². The summed E-state index contributed by atoms with van der Waals surface area (Å²) < 4.78 is 7.55. The van der Waals surface area contributed by atoms with Crippen LogP contribution in [0.4, 0.5) is 0 Å². The number of pyridine rings is 1. The molecule has 0 fully saturated rings. The fraction of sp³-hybridized carbons (Fsp3) is 0.150. The average Bonchev–Trinajstić information content (AvgIpc) is 3.32. The Labute approximate surface area is 160 Å². The third-order valence-corrected chi connectivity index (χ3v) is 4.33.